The summed E-state index contributed by atoms with van der Waals surface area (Å²) in [5.74, 6) is 1.57. The Balaban J connectivity index is 1.59. The van der Waals surface area contributed by atoms with Gasteiger partial charge in [-0.2, -0.15) is 0 Å². The molecule has 0 saturated heterocycles. The summed E-state index contributed by atoms with van der Waals surface area (Å²) < 4.78 is 11.0. The Kier molecular flexibility index (Phi) is 4.54. The number of methoxy groups -OCH3 is 1. The Labute approximate surface area is 191 Å². The maximum Gasteiger partial charge on any atom is 0.255 e. The van der Waals surface area contributed by atoms with Gasteiger partial charge in [0.05, 0.1) is 31.7 Å². The third kappa shape index (κ3) is 3.12. The number of benzene rings is 3. The fourth-order valence-electron chi connectivity index (χ4n) is 4.85. The molecule has 3 heterocycles. The topological polar surface area (TPSA) is 58.5 Å². The number of furan rings is 1. The summed E-state index contributed by atoms with van der Waals surface area (Å²) in [5, 5.41) is 1.10. The zero-order chi connectivity index (χ0) is 22.4. The Morgan fingerprint density at radius 3 is 2.52 bits per heavy atom. The van der Waals surface area contributed by atoms with Crippen LogP contribution in [0.5, 0.6) is 5.75 Å². The minimum atomic E-state index is -0.243. The van der Waals surface area contributed by atoms with Gasteiger partial charge in [0, 0.05) is 22.0 Å². The average molecular weight is 434 g/mol. The zero-order valence-electron chi connectivity index (χ0n) is 18.1. The van der Waals surface area contributed by atoms with Crippen LogP contribution in [-0.4, -0.2) is 22.9 Å². The second kappa shape index (κ2) is 7.71. The molecular formula is C28H22N2O3. The monoisotopic (exact) mass is 434 g/mol. The molecule has 0 spiro atoms. The SMILES string of the molecule is COc1ccc(-c2[nH]c3ccccc3c2C2c3ccccc3C(=O)N2Cc2ccco2)cc1. The van der Waals surface area contributed by atoms with Crippen LogP contribution in [0.4, 0.5) is 0 Å². The van der Waals surface area contributed by atoms with Gasteiger partial charge in [0.25, 0.3) is 5.91 Å². The summed E-state index contributed by atoms with van der Waals surface area (Å²) in [6, 6.07) is 27.7. The highest BCUT2D eigenvalue weighted by molar-refractivity contribution is 6.02. The fraction of sp³-hybridized carbons (Fsp3) is 0.107. The molecule has 1 N–H and O–H groups in total. The van der Waals surface area contributed by atoms with Crippen molar-refractivity contribution in [2.45, 2.75) is 12.6 Å². The zero-order valence-corrected chi connectivity index (χ0v) is 18.1. The van der Waals surface area contributed by atoms with Crippen LogP contribution >= 0.6 is 0 Å². The lowest BCUT2D eigenvalue weighted by Gasteiger charge is -2.26. The minimum absolute atomic E-state index is 0.0120. The highest BCUT2D eigenvalue weighted by Gasteiger charge is 2.40. The number of ether oxygens (including phenoxy) is 1. The summed E-state index contributed by atoms with van der Waals surface area (Å²) in [4.78, 5) is 19.1. The predicted octanol–water partition coefficient (Wildman–Crippen LogP) is 6.18. The van der Waals surface area contributed by atoms with Gasteiger partial charge in [0.2, 0.25) is 0 Å². The largest absolute Gasteiger partial charge is 0.497 e. The van der Waals surface area contributed by atoms with E-state index in [-0.39, 0.29) is 11.9 Å². The van der Waals surface area contributed by atoms with Crippen LogP contribution in [0.2, 0.25) is 0 Å². The molecule has 3 aromatic carbocycles. The van der Waals surface area contributed by atoms with E-state index in [0.717, 1.165) is 50.4 Å². The standard InChI is InChI=1S/C28H22N2O3/c1-32-19-14-12-18(13-15-19)26-25(23-10-4-5-11-24(23)29-26)27-21-8-2-3-9-22(21)28(31)30(27)17-20-7-6-16-33-20/h2-16,27,29H,17H2,1H3. The van der Waals surface area contributed by atoms with E-state index < -0.39 is 0 Å². The van der Waals surface area contributed by atoms with Gasteiger partial charge in [-0.25, -0.2) is 0 Å². The van der Waals surface area contributed by atoms with E-state index in [1.54, 1.807) is 13.4 Å². The highest BCUT2D eigenvalue weighted by Crippen LogP contribution is 2.46. The molecule has 5 aromatic rings. The molecule has 1 aliphatic heterocycles. The number of rotatable bonds is 5. The number of hydrogen-bond acceptors (Lipinski definition) is 3. The molecule has 5 heteroatoms. The average Bonchev–Trinajstić information content (AvgIpc) is 3.57. The Morgan fingerprint density at radius 2 is 1.73 bits per heavy atom. The van der Waals surface area contributed by atoms with Gasteiger partial charge in [-0.3, -0.25) is 4.79 Å². The van der Waals surface area contributed by atoms with Gasteiger partial charge in [-0.15, -0.1) is 0 Å². The van der Waals surface area contributed by atoms with Crippen molar-refractivity contribution in [2.75, 3.05) is 7.11 Å². The van der Waals surface area contributed by atoms with Crippen molar-refractivity contribution < 1.29 is 13.9 Å². The van der Waals surface area contributed by atoms with E-state index in [2.05, 4.69) is 23.2 Å². The van der Waals surface area contributed by atoms with Crippen molar-refractivity contribution in [2.24, 2.45) is 0 Å². The molecule has 1 unspecified atom stereocenters. The summed E-state index contributed by atoms with van der Waals surface area (Å²) >= 11 is 0. The first kappa shape index (κ1) is 19.4. The van der Waals surface area contributed by atoms with Crippen molar-refractivity contribution in [3.05, 3.63) is 114 Å². The van der Waals surface area contributed by atoms with Gasteiger partial charge < -0.3 is 19.0 Å². The van der Waals surface area contributed by atoms with Gasteiger partial charge in [0.1, 0.15) is 11.5 Å². The number of aromatic nitrogens is 1. The molecule has 2 aromatic heterocycles. The van der Waals surface area contributed by atoms with E-state index in [1.807, 2.05) is 71.6 Å². The normalized spacial score (nSPS) is 15.2. The third-order valence-electron chi connectivity index (χ3n) is 6.36. The summed E-state index contributed by atoms with van der Waals surface area (Å²) in [7, 11) is 1.66. The van der Waals surface area contributed by atoms with E-state index in [9.17, 15) is 4.79 Å². The summed E-state index contributed by atoms with van der Waals surface area (Å²) in [6.07, 6.45) is 1.65. The Hall–Kier alpha value is -4.25. The van der Waals surface area contributed by atoms with Crippen molar-refractivity contribution in [3.63, 3.8) is 0 Å². The van der Waals surface area contributed by atoms with Crippen molar-refractivity contribution in [3.8, 4) is 17.0 Å². The first-order chi connectivity index (χ1) is 16.2. The molecule has 0 bridgehead atoms. The van der Waals surface area contributed by atoms with E-state index >= 15 is 0 Å². The number of H-pyrrole nitrogens is 1. The van der Waals surface area contributed by atoms with Gasteiger partial charge >= 0.3 is 0 Å². The summed E-state index contributed by atoms with van der Waals surface area (Å²) in [5.41, 5.74) is 5.90. The van der Waals surface area contributed by atoms with Crippen LogP contribution in [0.25, 0.3) is 22.2 Å². The third-order valence-corrected chi connectivity index (χ3v) is 6.36. The molecule has 5 nitrogen and oxygen atoms in total. The molecule has 1 atom stereocenters. The van der Waals surface area contributed by atoms with Crippen molar-refractivity contribution in [1.82, 2.24) is 9.88 Å². The van der Waals surface area contributed by atoms with E-state index in [1.165, 1.54) is 0 Å². The van der Waals surface area contributed by atoms with E-state index in [0.29, 0.717) is 6.54 Å². The van der Waals surface area contributed by atoms with Crippen LogP contribution < -0.4 is 4.74 Å². The quantitative estimate of drug-likeness (QED) is 0.359. The Bertz CT molecular complexity index is 1450. The Morgan fingerprint density at radius 1 is 0.939 bits per heavy atom. The number of fused-ring (bicyclic) bond motifs is 2. The van der Waals surface area contributed by atoms with Crippen LogP contribution in [0.3, 0.4) is 0 Å². The number of amides is 1. The number of aromatic amines is 1. The number of nitrogens with zero attached hydrogens (tertiary/aromatic N) is 1. The molecule has 33 heavy (non-hydrogen) atoms. The van der Waals surface area contributed by atoms with Crippen LogP contribution in [0, 0.1) is 0 Å². The maximum absolute atomic E-state index is 13.6. The van der Waals surface area contributed by atoms with E-state index in [4.69, 9.17) is 9.15 Å². The first-order valence-corrected chi connectivity index (χ1v) is 10.9. The molecule has 1 amide bonds. The van der Waals surface area contributed by atoms with Crippen molar-refractivity contribution >= 4 is 16.8 Å². The number of carbonyl (C=O) groups is 1. The molecular weight excluding hydrogens is 412 g/mol. The lowest BCUT2D eigenvalue weighted by atomic mass is 9.93. The van der Waals surface area contributed by atoms with Crippen LogP contribution in [0.1, 0.15) is 33.3 Å². The van der Waals surface area contributed by atoms with Gasteiger partial charge in [-0.05, 0) is 59.7 Å². The lowest BCUT2D eigenvalue weighted by molar-refractivity contribution is 0.0724. The van der Waals surface area contributed by atoms with Gasteiger partial charge in [0.15, 0.2) is 0 Å². The fourth-order valence-corrected chi connectivity index (χ4v) is 4.85. The smallest absolute Gasteiger partial charge is 0.255 e. The molecule has 0 aliphatic carbocycles. The minimum Gasteiger partial charge on any atom is -0.497 e. The molecule has 0 radical (unpaired) electrons. The molecule has 6 rings (SSSR count). The van der Waals surface area contributed by atoms with Crippen LogP contribution in [0.15, 0.2) is 95.6 Å². The molecule has 0 saturated carbocycles. The van der Waals surface area contributed by atoms with Crippen molar-refractivity contribution in [1.29, 1.82) is 0 Å². The molecule has 1 aliphatic rings. The number of carbonyl (C=O) groups excluding carboxylic acids is 1. The number of hydrogen-bond donors (Lipinski definition) is 1. The predicted molar refractivity (Wildman–Crippen MR) is 127 cm³/mol. The highest BCUT2D eigenvalue weighted by atomic mass is 16.5. The second-order valence-electron chi connectivity index (χ2n) is 8.19. The lowest BCUT2D eigenvalue weighted by Crippen LogP contribution is -2.28. The van der Waals surface area contributed by atoms with Gasteiger partial charge in [-0.1, -0.05) is 36.4 Å². The summed E-state index contributed by atoms with van der Waals surface area (Å²) in [6.45, 7) is 0.396. The second-order valence-corrected chi connectivity index (χ2v) is 8.19. The maximum atomic E-state index is 13.6. The number of nitrogens with one attached hydrogen (secondary N) is 1. The van der Waals surface area contributed by atoms with Crippen LogP contribution in [-0.2, 0) is 6.54 Å². The first-order valence-electron chi connectivity index (χ1n) is 10.9. The molecule has 0 fully saturated rings. The number of para-hydroxylation sites is 1. The molecule has 162 valence electrons.